The third-order valence-electron chi connectivity index (χ3n) is 1.01. The highest BCUT2D eigenvalue weighted by atomic mass is 16.4. The second-order valence-electron chi connectivity index (χ2n) is 1.78. The summed E-state index contributed by atoms with van der Waals surface area (Å²) in [5.74, 6) is -1.07. The van der Waals surface area contributed by atoms with Gasteiger partial charge in [-0.05, 0) is 0 Å². The number of rotatable bonds is 3. The van der Waals surface area contributed by atoms with E-state index in [1.165, 1.54) is 17.3 Å². The number of carboxylic acid groups (broad SMARTS) is 1. The molecule has 1 heterocycles. The maximum atomic E-state index is 9.92. The minimum Gasteiger partial charge on any atom is -0.550 e. The molecule has 1 aromatic rings. The largest absolute Gasteiger partial charge is 0.550 e. The van der Waals surface area contributed by atoms with Gasteiger partial charge in [-0.15, -0.1) is 0 Å². The van der Waals surface area contributed by atoms with Crippen molar-refractivity contribution in [1.29, 1.82) is 0 Å². The fraction of sp³-hybridized carbons (Fsp3) is 0.400. The Morgan fingerprint density at radius 1 is 1.70 bits per heavy atom. The Balaban J connectivity index is 2.35. The Labute approximate surface area is 57.3 Å². The molecule has 5 heteroatoms. The number of aryl methyl sites for hydroxylation is 1. The number of hydrogen-bond acceptors (Lipinski definition) is 4. The molecule has 10 heavy (non-hydrogen) atoms. The third kappa shape index (κ3) is 1.85. The van der Waals surface area contributed by atoms with Crippen molar-refractivity contribution in [3.63, 3.8) is 0 Å². The summed E-state index contributed by atoms with van der Waals surface area (Å²) in [5, 5.41) is 13.6. The van der Waals surface area contributed by atoms with Crippen molar-refractivity contribution in [2.75, 3.05) is 0 Å². The fourth-order valence-electron chi connectivity index (χ4n) is 0.554. The lowest BCUT2D eigenvalue weighted by Gasteiger charge is -1.99. The van der Waals surface area contributed by atoms with Gasteiger partial charge in [-0.25, -0.2) is 4.98 Å². The van der Waals surface area contributed by atoms with Crippen LogP contribution in [0.3, 0.4) is 0 Å². The van der Waals surface area contributed by atoms with E-state index in [-0.39, 0.29) is 6.42 Å². The van der Waals surface area contributed by atoms with Crippen LogP contribution in [-0.4, -0.2) is 20.7 Å². The molecule has 5 nitrogen and oxygen atoms in total. The van der Waals surface area contributed by atoms with Crippen LogP contribution in [-0.2, 0) is 11.3 Å². The quantitative estimate of drug-likeness (QED) is 0.508. The van der Waals surface area contributed by atoms with E-state index < -0.39 is 5.97 Å². The van der Waals surface area contributed by atoms with Gasteiger partial charge in [-0.3, -0.25) is 4.68 Å². The van der Waals surface area contributed by atoms with Gasteiger partial charge in [-0.1, -0.05) is 0 Å². The van der Waals surface area contributed by atoms with Crippen molar-refractivity contribution in [2.45, 2.75) is 13.0 Å². The van der Waals surface area contributed by atoms with Crippen LogP contribution in [0.4, 0.5) is 0 Å². The van der Waals surface area contributed by atoms with Crippen LogP contribution >= 0.6 is 0 Å². The van der Waals surface area contributed by atoms with Gasteiger partial charge in [0, 0.05) is 18.9 Å². The molecule has 0 aliphatic rings. The van der Waals surface area contributed by atoms with Crippen molar-refractivity contribution >= 4 is 5.97 Å². The monoisotopic (exact) mass is 140 g/mol. The van der Waals surface area contributed by atoms with Crippen LogP contribution in [0, 0.1) is 0 Å². The molecule has 0 aliphatic heterocycles. The lowest BCUT2D eigenvalue weighted by atomic mass is 10.4. The summed E-state index contributed by atoms with van der Waals surface area (Å²) in [7, 11) is 0. The van der Waals surface area contributed by atoms with Gasteiger partial charge in [0.1, 0.15) is 12.7 Å². The molecule has 0 aliphatic carbocycles. The molecule has 0 aromatic carbocycles. The lowest BCUT2D eigenvalue weighted by molar-refractivity contribution is -0.306. The zero-order valence-corrected chi connectivity index (χ0v) is 5.23. The standard InChI is InChI=1S/C5H7N3O2/c9-5(10)1-2-8-4-6-3-7-8/h3-4H,1-2H2,(H,9,10)/p-1. The first-order chi connectivity index (χ1) is 4.79. The highest BCUT2D eigenvalue weighted by molar-refractivity contribution is 5.63. The van der Waals surface area contributed by atoms with E-state index in [4.69, 9.17) is 0 Å². The van der Waals surface area contributed by atoms with E-state index in [2.05, 4.69) is 10.1 Å². The summed E-state index contributed by atoms with van der Waals surface area (Å²) in [6.07, 6.45) is 2.79. The van der Waals surface area contributed by atoms with Crippen LogP contribution in [0.15, 0.2) is 12.7 Å². The van der Waals surface area contributed by atoms with Crippen molar-refractivity contribution in [1.82, 2.24) is 14.8 Å². The van der Waals surface area contributed by atoms with Crippen molar-refractivity contribution < 1.29 is 9.90 Å². The van der Waals surface area contributed by atoms with Crippen LogP contribution in [0.1, 0.15) is 6.42 Å². The smallest absolute Gasteiger partial charge is 0.137 e. The molecule has 0 amide bonds. The number of aliphatic carboxylic acids is 1. The van der Waals surface area contributed by atoms with E-state index in [1.54, 1.807) is 0 Å². The van der Waals surface area contributed by atoms with Gasteiger partial charge in [0.2, 0.25) is 0 Å². The normalized spacial score (nSPS) is 9.60. The number of aromatic nitrogens is 3. The van der Waals surface area contributed by atoms with E-state index in [1.807, 2.05) is 0 Å². The van der Waals surface area contributed by atoms with Gasteiger partial charge in [0.25, 0.3) is 0 Å². The second-order valence-corrected chi connectivity index (χ2v) is 1.78. The van der Waals surface area contributed by atoms with Gasteiger partial charge < -0.3 is 9.90 Å². The van der Waals surface area contributed by atoms with Crippen LogP contribution < -0.4 is 5.11 Å². The van der Waals surface area contributed by atoms with Crippen LogP contribution in [0.5, 0.6) is 0 Å². The molecule has 0 bridgehead atoms. The Morgan fingerprint density at radius 2 is 2.50 bits per heavy atom. The number of carboxylic acids is 1. The molecule has 0 fully saturated rings. The lowest BCUT2D eigenvalue weighted by Crippen LogP contribution is -2.23. The van der Waals surface area contributed by atoms with Crippen molar-refractivity contribution in [2.24, 2.45) is 0 Å². The second kappa shape index (κ2) is 2.95. The Bertz CT molecular complexity index is 207. The molecule has 0 saturated heterocycles. The highest BCUT2D eigenvalue weighted by Crippen LogP contribution is 1.83. The molecular formula is C5H6N3O2-. The zero-order chi connectivity index (χ0) is 7.40. The van der Waals surface area contributed by atoms with E-state index in [0.717, 1.165) is 0 Å². The first-order valence-corrected chi connectivity index (χ1v) is 2.81. The van der Waals surface area contributed by atoms with Crippen LogP contribution in [0.25, 0.3) is 0 Å². The maximum absolute atomic E-state index is 9.92. The summed E-state index contributed by atoms with van der Waals surface area (Å²) < 4.78 is 1.44. The van der Waals surface area contributed by atoms with E-state index in [0.29, 0.717) is 6.54 Å². The number of carbonyl (C=O) groups excluding carboxylic acids is 1. The molecule has 54 valence electrons. The molecule has 1 rings (SSSR count). The summed E-state index contributed by atoms with van der Waals surface area (Å²) in [6.45, 7) is 0.322. The molecule has 0 saturated carbocycles. The summed E-state index contributed by atoms with van der Waals surface area (Å²) in [5.41, 5.74) is 0. The Morgan fingerprint density at radius 3 is 3.00 bits per heavy atom. The minimum atomic E-state index is -1.07. The van der Waals surface area contributed by atoms with Gasteiger partial charge in [0.15, 0.2) is 0 Å². The predicted molar refractivity (Wildman–Crippen MR) is 29.6 cm³/mol. The first-order valence-electron chi connectivity index (χ1n) is 2.81. The average molecular weight is 140 g/mol. The Kier molecular flexibility index (Phi) is 1.99. The van der Waals surface area contributed by atoms with Gasteiger partial charge >= 0.3 is 0 Å². The minimum absolute atomic E-state index is 0.0244. The molecule has 0 unspecified atom stereocenters. The Hall–Kier alpha value is -1.39. The first kappa shape index (κ1) is 6.73. The van der Waals surface area contributed by atoms with Gasteiger partial charge in [-0.2, -0.15) is 5.10 Å². The number of nitrogens with zero attached hydrogens (tertiary/aromatic N) is 3. The topological polar surface area (TPSA) is 70.8 Å². The van der Waals surface area contributed by atoms with E-state index >= 15 is 0 Å². The fourth-order valence-corrected chi connectivity index (χ4v) is 0.554. The third-order valence-corrected chi connectivity index (χ3v) is 1.01. The summed E-state index contributed by atoms with van der Waals surface area (Å²) >= 11 is 0. The van der Waals surface area contributed by atoms with Gasteiger partial charge in [0.05, 0.1) is 0 Å². The maximum Gasteiger partial charge on any atom is 0.137 e. The molecule has 0 radical (unpaired) electrons. The number of carbonyl (C=O) groups is 1. The average Bonchev–Trinajstić information content (AvgIpc) is 2.34. The number of hydrogen-bond donors (Lipinski definition) is 0. The van der Waals surface area contributed by atoms with E-state index in [9.17, 15) is 9.90 Å². The predicted octanol–water partition coefficient (Wildman–Crippen LogP) is -1.58. The van der Waals surface area contributed by atoms with Crippen LogP contribution in [0.2, 0.25) is 0 Å². The SMILES string of the molecule is O=C([O-])CCn1cncn1. The summed E-state index contributed by atoms with van der Waals surface area (Å²) in [4.78, 5) is 13.6. The zero-order valence-electron chi connectivity index (χ0n) is 5.23. The molecule has 1 aromatic heterocycles. The highest BCUT2D eigenvalue weighted by Gasteiger charge is 1.89. The molecular weight excluding hydrogens is 134 g/mol. The van der Waals surface area contributed by atoms with Crippen molar-refractivity contribution in [3.8, 4) is 0 Å². The van der Waals surface area contributed by atoms with Crippen molar-refractivity contribution in [3.05, 3.63) is 12.7 Å². The molecule has 0 N–H and O–H groups in total. The summed E-state index contributed by atoms with van der Waals surface area (Å²) in [6, 6.07) is 0. The molecule has 0 atom stereocenters. The molecule has 0 spiro atoms.